The van der Waals surface area contributed by atoms with Crippen molar-refractivity contribution in [2.75, 3.05) is 12.0 Å². The first kappa shape index (κ1) is 14.7. The van der Waals surface area contributed by atoms with Crippen molar-refractivity contribution in [2.24, 2.45) is 0 Å². The van der Waals surface area contributed by atoms with E-state index in [0.29, 0.717) is 28.1 Å². The summed E-state index contributed by atoms with van der Waals surface area (Å²) in [6.07, 6.45) is 6.49. The number of hydrogen-bond acceptors (Lipinski definition) is 2. The Labute approximate surface area is 124 Å². The van der Waals surface area contributed by atoms with Gasteiger partial charge in [-0.05, 0) is 49.5 Å². The Kier molecular flexibility index (Phi) is 4.50. The van der Waals surface area contributed by atoms with Gasteiger partial charge in [0.05, 0.1) is 12.8 Å². The molecule has 106 valence electrons. The Balaban J connectivity index is 2.51. The van der Waals surface area contributed by atoms with Gasteiger partial charge in [-0.2, -0.15) is 0 Å². The number of carbonyl (C=O) groups is 1. The van der Waals surface area contributed by atoms with Gasteiger partial charge >= 0.3 is 0 Å². The highest BCUT2D eigenvalue weighted by atomic mass is 35.5. The fourth-order valence-corrected chi connectivity index (χ4v) is 2.54. The summed E-state index contributed by atoms with van der Waals surface area (Å²) >= 11 is 6.34. The molecule has 0 radical (unpaired) electrons. The van der Waals surface area contributed by atoms with Crippen molar-refractivity contribution in [2.45, 2.75) is 25.7 Å². The Morgan fingerprint density at radius 1 is 1.50 bits per heavy atom. The number of anilines is 1. The molecular formula is C16H18ClNO2. The molecule has 1 aromatic carbocycles. The van der Waals surface area contributed by atoms with Gasteiger partial charge in [0.25, 0.3) is 0 Å². The molecule has 3 nitrogen and oxygen atoms in total. The van der Waals surface area contributed by atoms with Crippen molar-refractivity contribution < 1.29 is 9.53 Å². The summed E-state index contributed by atoms with van der Waals surface area (Å²) in [6.45, 7) is 5.56. The lowest BCUT2D eigenvalue weighted by Crippen LogP contribution is -2.19. The van der Waals surface area contributed by atoms with Gasteiger partial charge in [-0.25, -0.2) is 0 Å². The second-order valence-corrected chi connectivity index (χ2v) is 5.12. The van der Waals surface area contributed by atoms with Crippen LogP contribution < -0.4 is 9.64 Å². The van der Waals surface area contributed by atoms with Crippen molar-refractivity contribution >= 4 is 23.7 Å². The molecule has 0 spiro atoms. The fraction of sp³-hybridized carbons (Fsp3) is 0.312. The molecule has 1 saturated carbocycles. The molecule has 20 heavy (non-hydrogen) atoms. The summed E-state index contributed by atoms with van der Waals surface area (Å²) in [7, 11) is 1.59. The minimum absolute atomic E-state index is 0.524. The lowest BCUT2D eigenvalue weighted by molar-refractivity contribution is -0.107. The van der Waals surface area contributed by atoms with E-state index >= 15 is 0 Å². The van der Waals surface area contributed by atoms with E-state index in [1.807, 2.05) is 19.1 Å². The number of ether oxygens (including phenoxy) is 1. The average Bonchev–Trinajstić information content (AvgIpc) is 3.29. The highest BCUT2D eigenvalue weighted by molar-refractivity contribution is 6.32. The molecule has 0 saturated heterocycles. The molecule has 1 fully saturated rings. The molecule has 4 heteroatoms. The first-order valence-corrected chi connectivity index (χ1v) is 6.94. The molecule has 0 bridgehead atoms. The Bertz CT molecular complexity index is 562. The summed E-state index contributed by atoms with van der Waals surface area (Å²) in [5.74, 6) is 1.17. The van der Waals surface area contributed by atoms with Gasteiger partial charge in [0, 0.05) is 10.7 Å². The molecule has 2 rings (SSSR count). The van der Waals surface area contributed by atoms with Crippen LogP contribution in [0.15, 0.2) is 36.6 Å². The number of benzene rings is 1. The van der Waals surface area contributed by atoms with Crippen LogP contribution in [0.1, 0.15) is 31.2 Å². The second-order valence-electron chi connectivity index (χ2n) is 4.71. The molecule has 1 aliphatic rings. The van der Waals surface area contributed by atoms with E-state index in [4.69, 9.17) is 16.3 Å². The van der Waals surface area contributed by atoms with Crippen LogP contribution >= 0.6 is 11.6 Å². The second kappa shape index (κ2) is 6.14. The summed E-state index contributed by atoms with van der Waals surface area (Å²) in [4.78, 5) is 12.9. The van der Waals surface area contributed by atoms with Crippen LogP contribution in [0, 0.1) is 0 Å². The molecule has 0 N–H and O–H groups in total. The van der Waals surface area contributed by atoms with Gasteiger partial charge in [0.1, 0.15) is 5.75 Å². The third-order valence-electron chi connectivity index (χ3n) is 3.46. The Hall–Kier alpha value is -1.74. The van der Waals surface area contributed by atoms with E-state index in [0.717, 1.165) is 24.8 Å². The third-order valence-corrected chi connectivity index (χ3v) is 3.79. The predicted molar refractivity (Wildman–Crippen MR) is 82.5 cm³/mol. The van der Waals surface area contributed by atoms with Crippen LogP contribution in [0.25, 0.3) is 0 Å². The van der Waals surface area contributed by atoms with Gasteiger partial charge in [-0.15, -0.1) is 0 Å². The number of amides is 1. The fourth-order valence-electron chi connectivity index (χ4n) is 2.23. The van der Waals surface area contributed by atoms with Crippen molar-refractivity contribution in [3.63, 3.8) is 0 Å². The predicted octanol–water partition coefficient (Wildman–Crippen LogP) is 4.28. The van der Waals surface area contributed by atoms with Crippen LogP contribution in [-0.2, 0) is 4.79 Å². The number of methoxy groups -OCH3 is 1. The van der Waals surface area contributed by atoms with Gasteiger partial charge in [-0.1, -0.05) is 24.3 Å². The van der Waals surface area contributed by atoms with Crippen molar-refractivity contribution in [1.29, 1.82) is 0 Å². The normalized spacial score (nSPS) is 14.8. The minimum Gasteiger partial charge on any atom is -0.495 e. The number of nitrogens with zero attached hydrogens (tertiary/aromatic N) is 1. The highest BCUT2D eigenvalue weighted by Gasteiger charge is 2.28. The summed E-state index contributed by atoms with van der Waals surface area (Å²) < 4.78 is 5.42. The zero-order chi connectivity index (χ0) is 14.7. The lowest BCUT2D eigenvalue weighted by Gasteiger charge is -2.22. The summed E-state index contributed by atoms with van der Waals surface area (Å²) in [6, 6.07) is 3.72. The van der Waals surface area contributed by atoms with E-state index in [1.165, 1.54) is 4.90 Å². The molecular weight excluding hydrogens is 274 g/mol. The maximum atomic E-state index is 11.4. The van der Waals surface area contributed by atoms with Crippen molar-refractivity contribution in [1.82, 2.24) is 0 Å². The van der Waals surface area contributed by atoms with Crippen LogP contribution in [0.3, 0.4) is 0 Å². The van der Waals surface area contributed by atoms with Crippen LogP contribution in [0.2, 0.25) is 5.02 Å². The Morgan fingerprint density at radius 2 is 2.20 bits per heavy atom. The zero-order valence-electron chi connectivity index (χ0n) is 11.7. The van der Waals surface area contributed by atoms with Crippen LogP contribution in [0.4, 0.5) is 5.69 Å². The van der Waals surface area contributed by atoms with Gasteiger partial charge in [0.2, 0.25) is 6.41 Å². The number of allylic oxidation sites excluding steroid dienone is 2. The van der Waals surface area contributed by atoms with E-state index in [9.17, 15) is 4.79 Å². The third kappa shape index (κ3) is 2.73. The topological polar surface area (TPSA) is 29.5 Å². The van der Waals surface area contributed by atoms with Crippen molar-refractivity contribution in [3.05, 3.63) is 47.1 Å². The van der Waals surface area contributed by atoms with E-state index in [1.54, 1.807) is 19.3 Å². The standard InChI is InChI=1S/C16H18ClNO2/c1-4-12(5-2)18(10-19)15-9-14(17)13(11-6-7-11)8-16(15)20-3/h4-5,8-11H,1,6-7H2,2-3H3/b12-5+. The van der Waals surface area contributed by atoms with Gasteiger partial charge in [0.15, 0.2) is 0 Å². The zero-order valence-corrected chi connectivity index (χ0v) is 12.5. The quantitative estimate of drug-likeness (QED) is 0.578. The number of hydrogen-bond donors (Lipinski definition) is 0. The molecule has 0 aliphatic heterocycles. The maximum Gasteiger partial charge on any atom is 0.218 e. The SMILES string of the molecule is C=C/C(=C\C)N(C=O)c1cc(Cl)c(C2CC2)cc1OC. The first-order chi connectivity index (χ1) is 9.65. The lowest BCUT2D eigenvalue weighted by atomic mass is 10.1. The first-order valence-electron chi connectivity index (χ1n) is 6.57. The average molecular weight is 292 g/mol. The molecule has 0 unspecified atom stereocenters. The molecule has 0 aromatic heterocycles. The van der Waals surface area contributed by atoms with E-state index in [2.05, 4.69) is 6.58 Å². The van der Waals surface area contributed by atoms with Gasteiger partial charge < -0.3 is 4.74 Å². The molecule has 0 atom stereocenters. The number of rotatable bonds is 6. The number of halogens is 1. The van der Waals surface area contributed by atoms with Crippen LogP contribution in [-0.4, -0.2) is 13.5 Å². The monoisotopic (exact) mass is 291 g/mol. The number of carbonyl (C=O) groups excluding carboxylic acids is 1. The van der Waals surface area contributed by atoms with E-state index < -0.39 is 0 Å². The van der Waals surface area contributed by atoms with Crippen molar-refractivity contribution in [3.8, 4) is 5.75 Å². The highest BCUT2D eigenvalue weighted by Crippen LogP contribution is 2.47. The Morgan fingerprint density at radius 3 is 2.65 bits per heavy atom. The largest absolute Gasteiger partial charge is 0.495 e. The molecule has 1 amide bonds. The summed E-state index contributed by atoms with van der Waals surface area (Å²) in [5.41, 5.74) is 2.41. The maximum absolute atomic E-state index is 11.4. The molecule has 0 heterocycles. The smallest absolute Gasteiger partial charge is 0.218 e. The van der Waals surface area contributed by atoms with Gasteiger partial charge in [-0.3, -0.25) is 9.69 Å². The molecule has 1 aliphatic carbocycles. The minimum atomic E-state index is 0.524. The molecule has 1 aromatic rings. The summed E-state index contributed by atoms with van der Waals surface area (Å²) in [5, 5.41) is 0.676. The van der Waals surface area contributed by atoms with Crippen LogP contribution in [0.5, 0.6) is 5.75 Å². The van der Waals surface area contributed by atoms with E-state index in [-0.39, 0.29) is 0 Å².